The van der Waals surface area contributed by atoms with E-state index in [1.165, 1.54) is 6.21 Å². The molecule has 1 heterocycles. The van der Waals surface area contributed by atoms with Gasteiger partial charge in [-0.25, -0.2) is 0 Å². The smallest absolute Gasteiger partial charge is 0.402 e. The Morgan fingerprint density at radius 3 is 2.25 bits per heavy atom. The van der Waals surface area contributed by atoms with Crippen molar-refractivity contribution < 1.29 is 9.31 Å². The van der Waals surface area contributed by atoms with Crippen LogP contribution in [0.25, 0.3) is 0 Å². The van der Waals surface area contributed by atoms with Crippen molar-refractivity contribution in [3.05, 3.63) is 0 Å². The molecule has 0 amide bonds. The van der Waals surface area contributed by atoms with Crippen molar-refractivity contribution in [3.8, 4) is 0 Å². The molecule has 2 N–H and O–H groups in total. The Hall–Kier alpha value is 0.775. The van der Waals surface area contributed by atoms with Gasteiger partial charge in [0.05, 0.1) is 17.1 Å². The van der Waals surface area contributed by atoms with E-state index in [0.717, 1.165) is 0 Å². The molecule has 1 aliphatic heterocycles. The summed E-state index contributed by atoms with van der Waals surface area (Å²) in [6.45, 7) is 8.17. The van der Waals surface area contributed by atoms with Crippen LogP contribution in [0.1, 0.15) is 34.1 Å². The summed E-state index contributed by atoms with van der Waals surface area (Å²) in [5.74, 6) is 0.0637. The summed E-state index contributed by atoms with van der Waals surface area (Å²) in [4.78, 5) is 0. The molecule has 0 aromatic heterocycles. The molecule has 0 saturated carbocycles. The van der Waals surface area contributed by atoms with Crippen molar-refractivity contribution in [1.29, 1.82) is 5.41 Å². The maximum Gasteiger partial charge on any atom is 0.476 e. The first kappa shape index (κ1) is 14.8. The van der Waals surface area contributed by atoms with Crippen molar-refractivity contribution in [3.63, 3.8) is 0 Å². The maximum atomic E-state index is 7.20. The van der Waals surface area contributed by atoms with E-state index < -0.39 is 0 Å². The number of nitrogens with one attached hydrogen (secondary N) is 2. The van der Waals surface area contributed by atoms with Crippen LogP contribution in [0, 0.1) is 5.41 Å². The van der Waals surface area contributed by atoms with Crippen LogP contribution >= 0.6 is 28.4 Å². The molecule has 1 rings (SSSR count). The lowest BCUT2D eigenvalue weighted by Gasteiger charge is -2.32. The molecule has 2 atom stereocenters. The predicted molar refractivity (Wildman–Crippen MR) is 78.7 cm³/mol. The molecular formula is C9H19BIN2O2P. The third-order valence-corrected chi connectivity index (χ3v) is 4.63. The lowest BCUT2D eigenvalue weighted by atomic mass is 9.77. The highest BCUT2D eigenvalue weighted by atomic mass is 127. The van der Waals surface area contributed by atoms with Gasteiger partial charge in [-0.05, 0) is 62.4 Å². The van der Waals surface area contributed by atoms with E-state index in [0.29, 0.717) is 12.8 Å². The molecule has 7 heteroatoms. The molecule has 0 aliphatic carbocycles. The van der Waals surface area contributed by atoms with Gasteiger partial charge < -0.3 is 14.7 Å². The minimum atomic E-state index is -0.298. The number of halogens is 1. The monoisotopic (exact) mass is 356 g/mol. The fourth-order valence-electron chi connectivity index (χ4n) is 1.49. The minimum Gasteiger partial charge on any atom is -0.402 e. The van der Waals surface area contributed by atoms with E-state index in [4.69, 9.17) is 14.7 Å². The van der Waals surface area contributed by atoms with E-state index in [2.05, 4.69) is 27.1 Å². The van der Waals surface area contributed by atoms with Crippen molar-refractivity contribution >= 4 is 41.7 Å². The third kappa shape index (κ3) is 3.16. The summed E-state index contributed by atoms with van der Waals surface area (Å²) in [5.41, 5.74) is -0.595. The molecule has 1 fully saturated rings. The Labute approximate surface area is 113 Å². The quantitative estimate of drug-likeness (QED) is 0.345. The van der Waals surface area contributed by atoms with Gasteiger partial charge in [0.2, 0.25) is 0 Å². The molecule has 0 radical (unpaired) electrons. The lowest BCUT2D eigenvalue weighted by molar-refractivity contribution is 0.00578. The highest BCUT2D eigenvalue weighted by Crippen LogP contribution is 2.38. The second kappa shape index (κ2) is 5.61. The minimum absolute atomic E-state index is 0.0637. The molecule has 4 nitrogen and oxygen atoms in total. The van der Waals surface area contributed by atoms with Gasteiger partial charge >= 0.3 is 7.12 Å². The largest absolute Gasteiger partial charge is 0.476 e. The Balaban J connectivity index is 2.71. The summed E-state index contributed by atoms with van der Waals surface area (Å²) in [7, 11) is -0.270. The zero-order valence-electron chi connectivity index (χ0n) is 10.1. The van der Waals surface area contributed by atoms with Crippen molar-refractivity contribution in [1.82, 2.24) is 5.09 Å². The fraction of sp³-hybridized carbons (Fsp3) is 0.889. The highest BCUT2D eigenvalue weighted by Gasteiger charge is 2.53. The van der Waals surface area contributed by atoms with Crippen LogP contribution in [0.4, 0.5) is 0 Å². The predicted octanol–water partition coefficient (Wildman–Crippen LogP) is 2.56. The molecule has 2 unspecified atom stereocenters. The van der Waals surface area contributed by atoms with E-state index in [-0.39, 0.29) is 24.3 Å². The van der Waals surface area contributed by atoms with Crippen molar-refractivity contribution in [2.24, 2.45) is 0 Å². The first-order valence-electron chi connectivity index (χ1n) is 5.30. The van der Waals surface area contributed by atoms with Crippen LogP contribution in [0.2, 0.25) is 0 Å². The molecule has 0 bridgehead atoms. The lowest BCUT2D eigenvalue weighted by Crippen LogP contribution is -2.42. The SMILES string of the molecule is CC1(C)OB(C(CC=N)NPI)OC1(C)C. The molecular weight excluding hydrogens is 337 g/mol. The maximum absolute atomic E-state index is 7.20. The van der Waals surface area contributed by atoms with Crippen LogP contribution in [0.3, 0.4) is 0 Å². The zero-order valence-corrected chi connectivity index (χ0v) is 13.3. The van der Waals surface area contributed by atoms with Gasteiger partial charge in [0.1, 0.15) is 0 Å². The summed E-state index contributed by atoms with van der Waals surface area (Å²) in [6.07, 6.45) is 2.63. The number of hydrogen-bond donors (Lipinski definition) is 2. The van der Waals surface area contributed by atoms with Gasteiger partial charge in [-0.1, -0.05) is 0 Å². The van der Waals surface area contributed by atoms with E-state index in [1.807, 2.05) is 27.7 Å². The second-order valence-electron chi connectivity index (χ2n) is 4.91. The van der Waals surface area contributed by atoms with Crippen LogP contribution in [-0.4, -0.2) is 30.5 Å². The van der Waals surface area contributed by atoms with Gasteiger partial charge in [0.15, 0.2) is 0 Å². The van der Waals surface area contributed by atoms with Crippen LogP contribution in [-0.2, 0) is 9.31 Å². The molecule has 0 spiro atoms. The number of hydrogen-bond acceptors (Lipinski definition) is 4. The fourth-order valence-corrected chi connectivity index (χ4v) is 3.08. The summed E-state index contributed by atoms with van der Waals surface area (Å²) >= 11 is 2.28. The summed E-state index contributed by atoms with van der Waals surface area (Å²) in [6, 6.07) is 0. The summed E-state index contributed by atoms with van der Waals surface area (Å²) in [5, 5.41) is 10.5. The Kier molecular flexibility index (Phi) is 5.20. The highest BCUT2D eigenvalue weighted by molar-refractivity contribution is 14.2. The van der Waals surface area contributed by atoms with Gasteiger partial charge in [-0.3, -0.25) is 5.09 Å². The van der Waals surface area contributed by atoms with Crippen molar-refractivity contribution in [2.75, 3.05) is 0 Å². The molecule has 1 saturated heterocycles. The topological polar surface area (TPSA) is 54.3 Å². The molecule has 16 heavy (non-hydrogen) atoms. The Morgan fingerprint density at radius 1 is 1.38 bits per heavy atom. The van der Waals surface area contributed by atoms with Gasteiger partial charge in [0, 0.05) is 6.37 Å². The van der Waals surface area contributed by atoms with Crippen molar-refractivity contribution in [2.45, 2.75) is 51.3 Å². The molecule has 0 aromatic rings. The molecule has 1 aliphatic rings. The van der Waals surface area contributed by atoms with Crippen LogP contribution in [0.15, 0.2) is 0 Å². The first-order chi connectivity index (χ1) is 7.34. The van der Waals surface area contributed by atoms with Gasteiger partial charge in [0.25, 0.3) is 0 Å². The van der Waals surface area contributed by atoms with Crippen LogP contribution < -0.4 is 5.09 Å². The molecule has 92 valence electrons. The molecule has 0 aromatic carbocycles. The average Bonchev–Trinajstić information content (AvgIpc) is 2.36. The average molecular weight is 356 g/mol. The summed E-state index contributed by atoms with van der Waals surface area (Å²) < 4.78 is 11.9. The standard InChI is InChI=1S/C9H19BIN2O2P/c1-8(2)9(3,4)15-10(14-8)7(5-6-12)13-16-11/h6-7,12-13,16H,5H2,1-4H3. The van der Waals surface area contributed by atoms with Gasteiger partial charge in [-0.2, -0.15) is 0 Å². The second-order valence-corrected chi connectivity index (χ2v) is 7.01. The van der Waals surface area contributed by atoms with Gasteiger partial charge in [-0.15, -0.1) is 0 Å². The van der Waals surface area contributed by atoms with Crippen LogP contribution in [0.5, 0.6) is 0 Å². The third-order valence-electron chi connectivity index (χ3n) is 3.21. The normalized spacial score (nSPS) is 25.2. The first-order valence-corrected chi connectivity index (χ1v) is 9.41. The van der Waals surface area contributed by atoms with E-state index in [1.54, 1.807) is 0 Å². The zero-order chi connectivity index (χ0) is 12.4. The van der Waals surface area contributed by atoms with E-state index in [9.17, 15) is 0 Å². The number of rotatable bonds is 5. The Morgan fingerprint density at radius 2 is 1.88 bits per heavy atom. The van der Waals surface area contributed by atoms with E-state index >= 15 is 0 Å². The Bertz CT molecular complexity index is 250.